The quantitative estimate of drug-likeness (QED) is 0.849. The van der Waals surface area contributed by atoms with Crippen molar-refractivity contribution >= 4 is 5.69 Å². The molecule has 2 aromatic rings. The van der Waals surface area contributed by atoms with Crippen molar-refractivity contribution < 1.29 is 4.74 Å². The minimum Gasteiger partial charge on any atom is -0.495 e. The highest BCUT2D eigenvalue weighted by molar-refractivity contribution is 5.58. The summed E-state index contributed by atoms with van der Waals surface area (Å²) in [6.07, 6.45) is 4.14. The van der Waals surface area contributed by atoms with Gasteiger partial charge in [0.25, 0.3) is 0 Å². The normalized spacial score (nSPS) is 19.1. The Kier molecular flexibility index (Phi) is 4.86. The molecule has 5 heteroatoms. The molecule has 1 aromatic heterocycles. The van der Waals surface area contributed by atoms with E-state index in [1.54, 1.807) is 7.11 Å². The summed E-state index contributed by atoms with van der Waals surface area (Å²) in [5, 5.41) is 4.37. The van der Waals surface area contributed by atoms with Gasteiger partial charge in [-0.1, -0.05) is 12.1 Å². The van der Waals surface area contributed by atoms with Gasteiger partial charge < -0.3 is 9.64 Å². The average molecular weight is 314 g/mol. The molecule has 0 spiro atoms. The summed E-state index contributed by atoms with van der Waals surface area (Å²) >= 11 is 0. The molecule has 1 fully saturated rings. The van der Waals surface area contributed by atoms with Crippen molar-refractivity contribution in [2.45, 2.75) is 33.0 Å². The van der Waals surface area contributed by atoms with Crippen molar-refractivity contribution in [2.75, 3.05) is 31.6 Å². The average Bonchev–Trinajstić information content (AvgIpc) is 3.04. The molecule has 5 nitrogen and oxygen atoms in total. The van der Waals surface area contributed by atoms with Crippen LogP contribution in [0.2, 0.25) is 0 Å². The van der Waals surface area contributed by atoms with Gasteiger partial charge in [0.2, 0.25) is 0 Å². The molecule has 1 aliphatic rings. The number of ether oxygens (including phenoxy) is 1. The zero-order valence-electron chi connectivity index (χ0n) is 14.3. The number of rotatable bonds is 5. The fraction of sp³-hybridized carbons (Fsp3) is 0.500. The first-order valence-electron chi connectivity index (χ1n) is 8.34. The predicted molar refractivity (Wildman–Crippen MR) is 93.0 cm³/mol. The number of aromatic nitrogens is 2. The third-order valence-corrected chi connectivity index (χ3v) is 4.59. The highest BCUT2D eigenvalue weighted by Gasteiger charge is 2.25. The maximum atomic E-state index is 5.51. The minimum atomic E-state index is 0.499. The topological polar surface area (TPSA) is 33.5 Å². The summed E-state index contributed by atoms with van der Waals surface area (Å²) in [5.41, 5.74) is 2.49. The summed E-state index contributed by atoms with van der Waals surface area (Å²) in [7, 11) is 1.74. The summed E-state index contributed by atoms with van der Waals surface area (Å²) in [6.45, 7) is 9.40. The molecule has 0 amide bonds. The molecule has 0 aliphatic carbocycles. The van der Waals surface area contributed by atoms with E-state index < -0.39 is 0 Å². The van der Waals surface area contributed by atoms with Crippen molar-refractivity contribution in [1.29, 1.82) is 0 Å². The van der Waals surface area contributed by atoms with Crippen molar-refractivity contribution in [3.05, 3.63) is 42.2 Å². The van der Waals surface area contributed by atoms with Gasteiger partial charge in [-0.15, -0.1) is 0 Å². The predicted octanol–water partition coefficient (Wildman–Crippen LogP) is 2.62. The zero-order chi connectivity index (χ0) is 16.2. The Bertz CT molecular complexity index is 639. The van der Waals surface area contributed by atoms with Gasteiger partial charge in [-0.2, -0.15) is 5.10 Å². The van der Waals surface area contributed by atoms with Crippen LogP contribution in [0.1, 0.15) is 19.4 Å². The fourth-order valence-electron chi connectivity index (χ4n) is 3.24. The first kappa shape index (κ1) is 15.9. The highest BCUT2D eigenvalue weighted by Crippen LogP contribution is 2.29. The number of aryl methyl sites for hydroxylation is 1. The van der Waals surface area contributed by atoms with Crippen LogP contribution in [0, 0.1) is 0 Å². The largest absolute Gasteiger partial charge is 0.495 e. The number of nitrogens with zero attached hydrogens (tertiary/aromatic N) is 4. The second-order valence-electron chi connectivity index (χ2n) is 6.14. The fourth-order valence-corrected chi connectivity index (χ4v) is 3.24. The van der Waals surface area contributed by atoms with Gasteiger partial charge >= 0.3 is 0 Å². The molecule has 2 heterocycles. The van der Waals surface area contributed by atoms with Crippen LogP contribution in [0.15, 0.2) is 36.7 Å². The van der Waals surface area contributed by atoms with Gasteiger partial charge in [0.05, 0.1) is 19.0 Å². The van der Waals surface area contributed by atoms with E-state index in [1.807, 2.05) is 23.0 Å². The second kappa shape index (κ2) is 7.04. The smallest absolute Gasteiger partial charge is 0.142 e. The molecular formula is C18H26N4O. The molecular weight excluding hydrogens is 288 g/mol. The Hall–Kier alpha value is -2.01. The number of hydrogen-bond donors (Lipinski definition) is 0. The molecule has 23 heavy (non-hydrogen) atoms. The summed E-state index contributed by atoms with van der Waals surface area (Å²) in [6, 6.07) is 8.78. The third kappa shape index (κ3) is 3.50. The Morgan fingerprint density at radius 2 is 2.09 bits per heavy atom. The Balaban J connectivity index is 1.65. The lowest BCUT2D eigenvalue weighted by Gasteiger charge is -2.41. The van der Waals surface area contributed by atoms with Gasteiger partial charge in [-0.3, -0.25) is 9.58 Å². The lowest BCUT2D eigenvalue weighted by molar-refractivity contribution is 0.180. The van der Waals surface area contributed by atoms with Crippen LogP contribution >= 0.6 is 0 Å². The van der Waals surface area contributed by atoms with E-state index in [0.29, 0.717) is 6.04 Å². The lowest BCUT2D eigenvalue weighted by atomic mass is 10.1. The Morgan fingerprint density at radius 1 is 1.26 bits per heavy atom. The van der Waals surface area contributed by atoms with Crippen LogP contribution in [0.4, 0.5) is 5.69 Å². The summed E-state index contributed by atoms with van der Waals surface area (Å²) in [5.74, 6) is 0.956. The van der Waals surface area contributed by atoms with E-state index in [9.17, 15) is 0 Å². The standard InChI is InChI=1S/C18H26N4O/c1-4-22-14-16(11-19-22)13-20-9-10-21(12-15(20)2)17-7-5-6-8-18(17)23-3/h5-8,11,14-15H,4,9-10,12-13H2,1-3H3. The molecule has 1 atom stereocenters. The first-order valence-corrected chi connectivity index (χ1v) is 8.34. The number of hydrogen-bond acceptors (Lipinski definition) is 4. The van der Waals surface area contributed by atoms with E-state index >= 15 is 0 Å². The van der Waals surface area contributed by atoms with E-state index in [2.05, 4.69) is 47.1 Å². The first-order chi connectivity index (χ1) is 11.2. The highest BCUT2D eigenvalue weighted by atomic mass is 16.5. The molecule has 124 valence electrons. The number of methoxy groups -OCH3 is 1. The molecule has 1 saturated heterocycles. The van der Waals surface area contributed by atoms with Gasteiger partial charge in [0, 0.05) is 50.5 Å². The summed E-state index contributed by atoms with van der Waals surface area (Å²) < 4.78 is 7.50. The van der Waals surface area contributed by atoms with E-state index in [0.717, 1.165) is 38.5 Å². The molecule has 0 saturated carbocycles. The number of para-hydroxylation sites is 2. The maximum absolute atomic E-state index is 5.51. The number of benzene rings is 1. The lowest BCUT2D eigenvalue weighted by Crippen LogP contribution is -2.51. The van der Waals surface area contributed by atoms with Crippen LogP contribution in [0.5, 0.6) is 5.75 Å². The zero-order valence-corrected chi connectivity index (χ0v) is 14.3. The van der Waals surface area contributed by atoms with Crippen LogP contribution in [-0.4, -0.2) is 47.5 Å². The van der Waals surface area contributed by atoms with Crippen LogP contribution in [-0.2, 0) is 13.1 Å². The number of anilines is 1. The molecule has 1 aliphatic heterocycles. The molecule has 0 radical (unpaired) electrons. The monoisotopic (exact) mass is 314 g/mol. The Labute approximate surface area is 138 Å². The minimum absolute atomic E-state index is 0.499. The van der Waals surface area contributed by atoms with Gasteiger partial charge in [0.15, 0.2) is 0 Å². The molecule has 3 rings (SSSR count). The van der Waals surface area contributed by atoms with E-state index in [1.165, 1.54) is 11.3 Å². The third-order valence-electron chi connectivity index (χ3n) is 4.59. The van der Waals surface area contributed by atoms with Gasteiger partial charge in [-0.25, -0.2) is 0 Å². The van der Waals surface area contributed by atoms with Crippen molar-refractivity contribution in [1.82, 2.24) is 14.7 Å². The van der Waals surface area contributed by atoms with Crippen LogP contribution < -0.4 is 9.64 Å². The Morgan fingerprint density at radius 3 is 2.78 bits per heavy atom. The van der Waals surface area contributed by atoms with E-state index in [-0.39, 0.29) is 0 Å². The molecule has 0 N–H and O–H groups in total. The van der Waals surface area contributed by atoms with Crippen molar-refractivity contribution in [3.8, 4) is 5.75 Å². The van der Waals surface area contributed by atoms with Gasteiger partial charge in [0.1, 0.15) is 5.75 Å². The molecule has 1 aromatic carbocycles. The molecule has 0 bridgehead atoms. The van der Waals surface area contributed by atoms with Crippen LogP contribution in [0.3, 0.4) is 0 Å². The second-order valence-corrected chi connectivity index (χ2v) is 6.14. The van der Waals surface area contributed by atoms with Crippen molar-refractivity contribution in [3.63, 3.8) is 0 Å². The van der Waals surface area contributed by atoms with E-state index in [4.69, 9.17) is 4.74 Å². The van der Waals surface area contributed by atoms with Gasteiger partial charge in [-0.05, 0) is 26.0 Å². The number of piperazine rings is 1. The van der Waals surface area contributed by atoms with Crippen molar-refractivity contribution in [2.24, 2.45) is 0 Å². The molecule has 1 unspecified atom stereocenters. The maximum Gasteiger partial charge on any atom is 0.142 e. The SMILES string of the molecule is CCn1cc(CN2CCN(c3ccccc3OC)CC2C)cn1. The van der Waals surface area contributed by atoms with Crippen LogP contribution in [0.25, 0.3) is 0 Å². The summed E-state index contributed by atoms with van der Waals surface area (Å²) in [4.78, 5) is 4.96.